The van der Waals surface area contributed by atoms with Crippen molar-refractivity contribution in [1.29, 1.82) is 0 Å². The molecule has 29 heavy (non-hydrogen) atoms. The number of nitro groups is 1. The number of nitro benzene ring substituents is 1. The number of rotatable bonds is 4. The fraction of sp³-hybridized carbons (Fsp3) is 0.143. The summed E-state index contributed by atoms with van der Waals surface area (Å²) in [6, 6.07) is 9.93. The van der Waals surface area contributed by atoms with E-state index in [1.165, 1.54) is 12.1 Å². The second-order valence-electron chi connectivity index (χ2n) is 6.51. The average molecular weight is 392 g/mol. The zero-order valence-corrected chi connectivity index (χ0v) is 15.7. The molecular formula is C21H16N2O6. The van der Waals surface area contributed by atoms with Crippen LogP contribution in [0.1, 0.15) is 16.7 Å². The zero-order valence-electron chi connectivity index (χ0n) is 15.7. The summed E-state index contributed by atoms with van der Waals surface area (Å²) >= 11 is 0. The third kappa shape index (κ3) is 3.60. The minimum atomic E-state index is -0.586. The maximum atomic E-state index is 12.2. The summed E-state index contributed by atoms with van der Waals surface area (Å²) in [5, 5.41) is 11.0. The lowest BCUT2D eigenvalue weighted by molar-refractivity contribution is -0.385. The summed E-state index contributed by atoms with van der Waals surface area (Å²) in [5.41, 5.74) is 2.72. The number of ether oxygens (including phenoxy) is 3. The number of hydrogen-bond acceptors (Lipinski definition) is 7. The molecule has 2 aromatic rings. The average Bonchev–Trinajstić information content (AvgIpc) is 3.07. The van der Waals surface area contributed by atoms with Crippen molar-refractivity contribution in [3.8, 4) is 11.5 Å². The molecule has 2 heterocycles. The summed E-state index contributed by atoms with van der Waals surface area (Å²) in [6.45, 7) is 1.89. The van der Waals surface area contributed by atoms with Gasteiger partial charge in [-0.25, -0.2) is 9.79 Å². The van der Waals surface area contributed by atoms with Crippen LogP contribution >= 0.6 is 0 Å². The van der Waals surface area contributed by atoms with Crippen molar-refractivity contribution in [2.75, 3.05) is 13.7 Å². The van der Waals surface area contributed by atoms with E-state index in [1.54, 1.807) is 32.2 Å². The maximum Gasteiger partial charge on any atom is 0.363 e. The van der Waals surface area contributed by atoms with Gasteiger partial charge in [0, 0.05) is 28.8 Å². The van der Waals surface area contributed by atoms with E-state index in [9.17, 15) is 14.9 Å². The van der Waals surface area contributed by atoms with E-state index in [0.717, 1.165) is 11.1 Å². The lowest BCUT2D eigenvalue weighted by atomic mass is 10.1. The van der Waals surface area contributed by atoms with Crippen LogP contribution in [0.25, 0.3) is 6.08 Å². The Balaban J connectivity index is 1.62. The molecule has 8 heteroatoms. The molecular weight excluding hydrogens is 376 g/mol. The van der Waals surface area contributed by atoms with Crippen molar-refractivity contribution in [2.24, 2.45) is 4.99 Å². The van der Waals surface area contributed by atoms with Crippen LogP contribution < -0.4 is 9.47 Å². The van der Waals surface area contributed by atoms with Gasteiger partial charge in [-0.2, -0.15) is 0 Å². The predicted octanol–water partition coefficient (Wildman–Crippen LogP) is 3.58. The normalized spacial score (nSPS) is 16.5. The Morgan fingerprint density at radius 3 is 2.79 bits per heavy atom. The number of aliphatic imine (C=N–C) groups is 1. The number of carbonyl (C=O) groups is 1. The first kappa shape index (κ1) is 18.4. The largest absolute Gasteiger partial charge is 0.497 e. The van der Waals surface area contributed by atoms with E-state index < -0.39 is 10.9 Å². The molecule has 0 aromatic heterocycles. The summed E-state index contributed by atoms with van der Waals surface area (Å²) in [4.78, 5) is 27.0. The molecule has 0 amide bonds. The van der Waals surface area contributed by atoms with Gasteiger partial charge in [0.1, 0.15) is 18.1 Å². The van der Waals surface area contributed by atoms with Gasteiger partial charge in [0.2, 0.25) is 5.90 Å². The Hall–Kier alpha value is -3.94. The first-order valence-electron chi connectivity index (χ1n) is 8.74. The highest BCUT2D eigenvalue weighted by molar-refractivity contribution is 6.11. The molecule has 2 aliphatic heterocycles. The van der Waals surface area contributed by atoms with Crippen LogP contribution in [-0.2, 0) is 9.53 Å². The Morgan fingerprint density at radius 1 is 1.24 bits per heavy atom. The van der Waals surface area contributed by atoms with Gasteiger partial charge in [-0.05, 0) is 48.9 Å². The number of esters is 1. The van der Waals surface area contributed by atoms with E-state index in [4.69, 9.17) is 14.2 Å². The highest BCUT2D eigenvalue weighted by atomic mass is 16.6. The number of fused-ring (bicyclic) bond motifs is 1. The number of aryl methyl sites for hydroxylation is 1. The van der Waals surface area contributed by atoms with E-state index in [2.05, 4.69) is 4.99 Å². The molecule has 0 fully saturated rings. The highest BCUT2D eigenvalue weighted by Gasteiger charge is 2.26. The Kier molecular flexibility index (Phi) is 4.59. The standard InChI is InChI=1S/C21H16N2O6/c1-12-7-15(4-6-18(12)23(25)26)20-22-17(21(24)29-20)9-13-8-14-3-5-16(27-2)10-19(14)28-11-13/h3-10H,11H2,1-2H3/b17-9+. The van der Waals surface area contributed by atoms with Crippen molar-refractivity contribution in [3.05, 3.63) is 80.5 Å². The number of carbonyl (C=O) groups excluding carboxylic acids is 1. The number of nitrogens with zero attached hydrogens (tertiary/aromatic N) is 2. The molecule has 2 aliphatic rings. The molecule has 4 rings (SSSR count). The van der Waals surface area contributed by atoms with Gasteiger partial charge >= 0.3 is 5.97 Å². The summed E-state index contributed by atoms with van der Waals surface area (Å²) < 4.78 is 16.2. The minimum Gasteiger partial charge on any atom is -0.497 e. The Bertz CT molecular complexity index is 1130. The minimum absolute atomic E-state index is 0.00533. The van der Waals surface area contributed by atoms with Gasteiger partial charge < -0.3 is 14.2 Å². The molecule has 0 spiro atoms. The van der Waals surface area contributed by atoms with Gasteiger partial charge in [-0.1, -0.05) is 0 Å². The fourth-order valence-electron chi connectivity index (χ4n) is 3.07. The smallest absolute Gasteiger partial charge is 0.363 e. The highest BCUT2D eigenvalue weighted by Crippen LogP contribution is 2.31. The first-order chi connectivity index (χ1) is 13.9. The van der Waals surface area contributed by atoms with Crippen molar-refractivity contribution >= 4 is 23.6 Å². The number of benzene rings is 2. The Morgan fingerprint density at radius 2 is 2.07 bits per heavy atom. The van der Waals surface area contributed by atoms with E-state index in [0.29, 0.717) is 22.6 Å². The summed E-state index contributed by atoms with van der Waals surface area (Å²) in [7, 11) is 1.59. The second-order valence-corrected chi connectivity index (χ2v) is 6.51. The number of methoxy groups -OCH3 is 1. The lowest BCUT2D eigenvalue weighted by Gasteiger charge is -2.16. The van der Waals surface area contributed by atoms with Crippen LogP contribution in [0.15, 0.2) is 58.7 Å². The van der Waals surface area contributed by atoms with Crippen LogP contribution in [0.2, 0.25) is 0 Å². The van der Waals surface area contributed by atoms with Crippen molar-refractivity contribution in [3.63, 3.8) is 0 Å². The van der Waals surface area contributed by atoms with Crippen LogP contribution in [-0.4, -0.2) is 30.5 Å². The van der Waals surface area contributed by atoms with Crippen LogP contribution in [0.3, 0.4) is 0 Å². The topological polar surface area (TPSA) is 100 Å². The molecule has 2 aromatic carbocycles. The van der Waals surface area contributed by atoms with E-state index in [-0.39, 0.29) is 23.9 Å². The molecule has 0 unspecified atom stereocenters. The molecule has 0 radical (unpaired) electrons. The molecule has 0 saturated heterocycles. The van der Waals surface area contributed by atoms with Gasteiger partial charge in [-0.3, -0.25) is 10.1 Å². The number of cyclic esters (lactones) is 1. The van der Waals surface area contributed by atoms with Crippen LogP contribution in [0.5, 0.6) is 11.5 Å². The molecule has 146 valence electrons. The van der Waals surface area contributed by atoms with Gasteiger partial charge in [-0.15, -0.1) is 0 Å². The fourth-order valence-corrected chi connectivity index (χ4v) is 3.07. The number of hydrogen-bond donors (Lipinski definition) is 0. The van der Waals surface area contributed by atoms with E-state index in [1.807, 2.05) is 18.2 Å². The maximum absolute atomic E-state index is 12.2. The monoisotopic (exact) mass is 392 g/mol. The third-order valence-electron chi connectivity index (χ3n) is 4.54. The van der Waals surface area contributed by atoms with Crippen molar-refractivity contribution in [2.45, 2.75) is 6.92 Å². The Labute approximate surface area is 165 Å². The van der Waals surface area contributed by atoms with Crippen molar-refractivity contribution in [1.82, 2.24) is 0 Å². The van der Waals surface area contributed by atoms with E-state index >= 15 is 0 Å². The lowest BCUT2D eigenvalue weighted by Crippen LogP contribution is -2.08. The molecule has 0 atom stereocenters. The quantitative estimate of drug-likeness (QED) is 0.341. The second kappa shape index (κ2) is 7.23. The third-order valence-corrected chi connectivity index (χ3v) is 4.54. The zero-order chi connectivity index (χ0) is 20.5. The van der Waals surface area contributed by atoms with Crippen LogP contribution in [0, 0.1) is 17.0 Å². The SMILES string of the molecule is COc1ccc2c(c1)OCC(/C=C1/N=C(c3ccc([N+](=O)[O-])c(C)c3)OC1=O)=C2. The molecule has 0 N–H and O–H groups in total. The summed E-state index contributed by atoms with van der Waals surface area (Å²) in [6.07, 6.45) is 3.52. The molecule has 8 nitrogen and oxygen atoms in total. The van der Waals surface area contributed by atoms with Crippen LogP contribution in [0.4, 0.5) is 5.69 Å². The van der Waals surface area contributed by atoms with Gasteiger partial charge in [0.15, 0.2) is 5.70 Å². The molecule has 0 aliphatic carbocycles. The van der Waals surface area contributed by atoms with Gasteiger partial charge in [0.25, 0.3) is 5.69 Å². The molecule has 0 saturated carbocycles. The van der Waals surface area contributed by atoms with Gasteiger partial charge in [0.05, 0.1) is 12.0 Å². The summed E-state index contributed by atoms with van der Waals surface area (Å²) in [5.74, 6) is 0.927. The first-order valence-corrected chi connectivity index (χ1v) is 8.74. The molecule has 0 bridgehead atoms. The predicted molar refractivity (Wildman–Crippen MR) is 105 cm³/mol. The van der Waals surface area contributed by atoms with Crippen molar-refractivity contribution < 1.29 is 23.9 Å².